The number of hydrogen-bond donors (Lipinski definition) is 0. The second-order valence-corrected chi connectivity index (χ2v) is 6.51. The fourth-order valence-electron chi connectivity index (χ4n) is 3.37. The summed E-state index contributed by atoms with van der Waals surface area (Å²) in [6.45, 7) is 2.35. The molecular weight excluding hydrogens is 349 g/mol. The van der Waals surface area contributed by atoms with Gasteiger partial charge in [-0.2, -0.15) is 18.3 Å². The number of halogens is 3. The van der Waals surface area contributed by atoms with Gasteiger partial charge in [0.15, 0.2) is 0 Å². The van der Waals surface area contributed by atoms with Crippen molar-refractivity contribution in [3.8, 4) is 11.3 Å². The van der Waals surface area contributed by atoms with E-state index in [1.807, 2.05) is 61.5 Å². The average molecular weight is 366 g/mol. The van der Waals surface area contributed by atoms with E-state index in [1.165, 1.54) is 6.07 Å². The van der Waals surface area contributed by atoms with E-state index in [0.29, 0.717) is 17.6 Å². The van der Waals surface area contributed by atoms with Crippen molar-refractivity contribution in [2.24, 2.45) is 0 Å². The molecule has 4 aromatic rings. The molecule has 1 heterocycles. The van der Waals surface area contributed by atoms with Gasteiger partial charge in [0, 0.05) is 10.9 Å². The minimum Gasteiger partial charge on any atom is -0.259 e. The number of fused-ring (bicyclic) bond motifs is 1. The largest absolute Gasteiger partial charge is 0.418 e. The highest BCUT2D eigenvalue weighted by Gasteiger charge is 2.34. The van der Waals surface area contributed by atoms with Crippen LogP contribution in [0.5, 0.6) is 0 Å². The van der Waals surface area contributed by atoms with E-state index in [0.717, 1.165) is 22.8 Å². The molecule has 27 heavy (non-hydrogen) atoms. The Labute approximate surface area is 154 Å². The highest BCUT2D eigenvalue weighted by atomic mass is 19.4. The van der Waals surface area contributed by atoms with Crippen LogP contribution in [0, 0.1) is 6.92 Å². The van der Waals surface area contributed by atoms with E-state index in [1.54, 1.807) is 10.7 Å². The van der Waals surface area contributed by atoms with Crippen LogP contribution in [0.1, 0.15) is 16.7 Å². The van der Waals surface area contributed by atoms with Crippen LogP contribution in [0.2, 0.25) is 0 Å². The Morgan fingerprint density at radius 2 is 1.56 bits per heavy atom. The molecule has 1 aromatic heterocycles. The lowest BCUT2D eigenvalue weighted by Crippen LogP contribution is -2.06. The van der Waals surface area contributed by atoms with Crippen LogP contribution in [0.3, 0.4) is 0 Å². The van der Waals surface area contributed by atoms with E-state index >= 15 is 0 Å². The lowest BCUT2D eigenvalue weighted by Gasteiger charge is -2.11. The second kappa shape index (κ2) is 6.58. The fourth-order valence-corrected chi connectivity index (χ4v) is 3.37. The predicted molar refractivity (Wildman–Crippen MR) is 100 cm³/mol. The maximum atomic E-state index is 13.5. The monoisotopic (exact) mass is 366 g/mol. The molecule has 2 nitrogen and oxygen atoms in total. The molecule has 0 amide bonds. The van der Waals surface area contributed by atoms with Gasteiger partial charge < -0.3 is 0 Å². The number of hydrogen-bond acceptors (Lipinski definition) is 1. The summed E-state index contributed by atoms with van der Waals surface area (Å²) in [6.07, 6.45) is -4.45. The standard InChI is InChI=1S/C22H17F3N2/c1-15-8-5-6-11-17(15)21-18-12-7-13-19(22(23,24)25)20(18)26-27(21)14-16-9-3-2-4-10-16/h2-13H,14H2,1H3. The Morgan fingerprint density at radius 3 is 2.26 bits per heavy atom. The molecule has 0 N–H and O–H groups in total. The van der Waals surface area contributed by atoms with Gasteiger partial charge in [-0.05, 0) is 24.1 Å². The van der Waals surface area contributed by atoms with E-state index in [2.05, 4.69) is 5.10 Å². The zero-order valence-electron chi connectivity index (χ0n) is 14.7. The maximum Gasteiger partial charge on any atom is 0.418 e. The molecule has 0 fully saturated rings. The Hall–Kier alpha value is -3.08. The molecule has 0 saturated heterocycles. The molecule has 0 aliphatic rings. The zero-order valence-corrected chi connectivity index (χ0v) is 14.7. The van der Waals surface area contributed by atoms with Crippen molar-refractivity contribution in [2.75, 3.05) is 0 Å². The van der Waals surface area contributed by atoms with E-state index in [9.17, 15) is 13.2 Å². The maximum absolute atomic E-state index is 13.5. The van der Waals surface area contributed by atoms with Crippen LogP contribution < -0.4 is 0 Å². The third-order valence-electron chi connectivity index (χ3n) is 4.65. The molecule has 0 saturated carbocycles. The third kappa shape index (κ3) is 3.21. The van der Waals surface area contributed by atoms with E-state index < -0.39 is 11.7 Å². The van der Waals surface area contributed by atoms with Crippen molar-refractivity contribution in [3.63, 3.8) is 0 Å². The lowest BCUT2D eigenvalue weighted by atomic mass is 10.0. The molecule has 3 aromatic carbocycles. The summed E-state index contributed by atoms with van der Waals surface area (Å²) in [5, 5.41) is 4.90. The summed E-state index contributed by atoms with van der Waals surface area (Å²) >= 11 is 0. The highest BCUT2D eigenvalue weighted by Crippen LogP contribution is 2.38. The van der Waals surface area contributed by atoms with Gasteiger partial charge in [0.1, 0.15) is 5.52 Å². The number of benzene rings is 3. The average Bonchev–Trinajstić information content (AvgIpc) is 3.00. The Morgan fingerprint density at radius 1 is 0.852 bits per heavy atom. The molecule has 4 rings (SSSR count). The van der Waals surface area contributed by atoms with Gasteiger partial charge in [0.2, 0.25) is 0 Å². The van der Waals surface area contributed by atoms with Gasteiger partial charge in [-0.15, -0.1) is 0 Å². The van der Waals surface area contributed by atoms with Crippen LogP contribution in [0.15, 0.2) is 72.8 Å². The van der Waals surface area contributed by atoms with Gasteiger partial charge >= 0.3 is 6.18 Å². The molecule has 0 atom stereocenters. The summed E-state index contributed by atoms with van der Waals surface area (Å²) < 4.78 is 42.2. The van der Waals surface area contributed by atoms with Crippen molar-refractivity contribution in [1.29, 1.82) is 0 Å². The number of alkyl halides is 3. The number of rotatable bonds is 3. The van der Waals surface area contributed by atoms with Gasteiger partial charge in [0.25, 0.3) is 0 Å². The van der Waals surface area contributed by atoms with Crippen molar-refractivity contribution >= 4 is 10.9 Å². The molecule has 0 unspecified atom stereocenters. The third-order valence-corrected chi connectivity index (χ3v) is 4.65. The number of aromatic nitrogens is 2. The quantitative estimate of drug-likeness (QED) is 0.430. The Balaban J connectivity index is 2.01. The highest BCUT2D eigenvalue weighted by molar-refractivity contribution is 5.96. The van der Waals surface area contributed by atoms with Crippen LogP contribution in [0.4, 0.5) is 13.2 Å². The molecule has 0 aliphatic heterocycles. The van der Waals surface area contributed by atoms with Gasteiger partial charge in [0.05, 0.1) is 17.8 Å². The van der Waals surface area contributed by atoms with Crippen LogP contribution in [-0.4, -0.2) is 9.78 Å². The molecule has 0 spiro atoms. The first kappa shape index (κ1) is 17.3. The van der Waals surface area contributed by atoms with Gasteiger partial charge in [-0.25, -0.2) is 0 Å². The van der Waals surface area contributed by atoms with Crippen molar-refractivity contribution in [3.05, 3.63) is 89.5 Å². The van der Waals surface area contributed by atoms with Crippen molar-refractivity contribution < 1.29 is 13.2 Å². The molecule has 136 valence electrons. The molecule has 0 radical (unpaired) electrons. The topological polar surface area (TPSA) is 17.8 Å². The van der Waals surface area contributed by atoms with E-state index in [-0.39, 0.29) is 5.52 Å². The summed E-state index contributed by atoms with van der Waals surface area (Å²) in [4.78, 5) is 0. The molecule has 5 heteroatoms. The molecule has 0 aliphatic carbocycles. The number of aryl methyl sites for hydroxylation is 1. The minimum absolute atomic E-state index is 0.0146. The zero-order chi connectivity index (χ0) is 19.0. The lowest BCUT2D eigenvalue weighted by molar-refractivity contribution is -0.136. The molecular formula is C22H17F3N2. The Kier molecular flexibility index (Phi) is 4.22. The summed E-state index contributed by atoms with van der Waals surface area (Å²) in [5.41, 5.74) is 2.84. The fraction of sp³-hybridized carbons (Fsp3) is 0.136. The summed E-state index contributed by atoms with van der Waals surface area (Å²) in [7, 11) is 0. The van der Waals surface area contributed by atoms with Crippen molar-refractivity contribution in [2.45, 2.75) is 19.6 Å². The predicted octanol–water partition coefficient (Wildman–Crippen LogP) is 6.08. The smallest absolute Gasteiger partial charge is 0.259 e. The van der Waals surface area contributed by atoms with Crippen molar-refractivity contribution in [1.82, 2.24) is 9.78 Å². The SMILES string of the molecule is Cc1ccccc1-c1c2cccc(C(F)(F)F)c2nn1Cc1ccccc1. The summed E-state index contributed by atoms with van der Waals surface area (Å²) in [5.74, 6) is 0. The van der Waals surface area contributed by atoms with Gasteiger partial charge in [-0.3, -0.25) is 4.68 Å². The second-order valence-electron chi connectivity index (χ2n) is 6.51. The Bertz CT molecular complexity index is 1100. The first-order chi connectivity index (χ1) is 12.9. The first-order valence-electron chi connectivity index (χ1n) is 8.62. The number of nitrogens with zero attached hydrogens (tertiary/aromatic N) is 2. The van der Waals surface area contributed by atoms with Gasteiger partial charge in [-0.1, -0.05) is 66.7 Å². The van der Waals surface area contributed by atoms with Crippen LogP contribution >= 0.6 is 0 Å². The summed E-state index contributed by atoms with van der Waals surface area (Å²) in [6, 6.07) is 21.5. The van der Waals surface area contributed by atoms with E-state index in [4.69, 9.17) is 0 Å². The molecule has 0 bridgehead atoms. The first-order valence-corrected chi connectivity index (χ1v) is 8.62. The van der Waals surface area contributed by atoms with Crippen LogP contribution in [0.25, 0.3) is 22.2 Å². The minimum atomic E-state index is -4.45. The van der Waals surface area contributed by atoms with Crippen LogP contribution in [-0.2, 0) is 12.7 Å². The normalized spacial score (nSPS) is 11.9.